The molecule has 3 nitrogen and oxygen atoms in total. The highest BCUT2D eigenvalue weighted by Gasteiger charge is 2.03. The number of hydrogen-bond donors (Lipinski definition) is 1. The van der Waals surface area contributed by atoms with E-state index < -0.39 is 6.09 Å². The predicted octanol–water partition coefficient (Wildman–Crippen LogP) is 3.67. The van der Waals surface area contributed by atoms with Crippen LogP contribution in [0, 0.1) is 0 Å². The van der Waals surface area contributed by atoms with Crippen LogP contribution in [-0.4, -0.2) is 6.09 Å². The summed E-state index contributed by atoms with van der Waals surface area (Å²) in [6, 6.07) is 0. The minimum atomic E-state index is -0.482. The monoisotopic (exact) mass is 221 g/mol. The van der Waals surface area contributed by atoms with Crippen molar-refractivity contribution in [2.24, 2.45) is 0 Å². The van der Waals surface area contributed by atoms with Crippen molar-refractivity contribution in [2.75, 3.05) is 0 Å². The van der Waals surface area contributed by atoms with Gasteiger partial charge in [-0.25, -0.2) is 4.79 Å². The Morgan fingerprint density at radius 2 is 1.88 bits per heavy atom. The van der Waals surface area contributed by atoms with Gasteiger partial charge in [0.15, 0.2) is 0 Å². The second-order valence-corrected chi connectivity index (χ2v) is 3.06. The van der Waals surface area contributed by atoms with Crippen molar-refractivity contribution in [3.63, 3.8) is 0 Å². The van der Waals surface area contributed by atoms with E-state index in [1.807, 2.05) is 39.0 Å². The third-order valence-corrected chi connectivity index (χ3v) is 1.68. The van der Waals surface area contributed by atoms with E-state index in [1.165, 1.54) is 0 Å². The van der Waals surface area contributed by atoms with E-state index in [0.29, 0.717) is 11.5 Å². The van der Waals surface area contributed by atoms with Gasteiger partial charge in [-0.05, 0) is 39.8 Å². The van der Waals surface area contributed by atoms with Crippen LogP contribution in [0.1, 0.15) is 27.7 Å². The summed E-state index contributed by atoms with van der Waals surface area (Å²) >= 11 is 0. The lowest BCUT2D eigenvalue weighted by molar-refractivity contribution is 0.179. The van der Waals surface area contributed by atoms with E-state index in [0.717, 1.165) is 0 Å². The number of amides is 1. The first-order chi connectivity index (χ1) is 7.63. The Morgan fingerprint density at radius 1 is 1.19 bits per heavy atom. The van der Waals surface area contributed by atoms with Gasteiger partial charge in [-0.15, -0.1) is 0 Å². The number of nitrogens with one attached hydrogen (secondary N) is 1. The van der Waals surface area contributed by atoms with Gasteiger partial charge in [0.2, 0.25) is 0 Å². The van der Waals surface area contributed by atoms with Crippen LogP contribution in [0.3, 0.4) is 0 Å². The number of carbonyl (C=O) groups excluding carboxylic acids is 1. The Balaban J connectivity index is 4.28. The minimum Gasteiger partial charge on any atom is -0.415 e. The Bertz CT molecular complexity index is 336. The summed E-state index contributed by atoms with van der Waals surface area (Å²) in [6.07, 6.45) is 10.4. The van der Waals surface area contributed by atoms with Gasteiger partial charge in [0, 0.05) is 5.70 Å². The van der Waals surface area contributed by atoms with Crippen molar-refractivity contribution >= 4 is 6.09 Å². The number of alkyl carbamates (subject to hydrolysis) is 1. The molecule has 0 aliphatic heterocycles. The molecule has 0 spiro atoms. The second kappa shape index (κ2) is 8.53. The van der Waals surface area contributed by atoms with E-state index in [4.69, 9.17) is 4.74 Å². The largest absolute Gasteiger partial charge is 0.416 e. The maximum Gasteiger partial charge on any atom is 0.416 e. The molecule has 3 heteroatoms. The molecule has 0 aliphatic carbocycles. The quantitative estimate of drug-likeness (QED) is 0.581. The zero-order chi connectivity index (χ0) is 12.4. The summed E-state index contributed by atoms with van der Waals surface area (Å²) in [6.45, 7) is 7.35. The van der Waals surface area contributed by atoms with Crippen LogP contribution in [0.5, 0.6) is 0 Å². The third kappa shape index (κ3) is 6.65. The van der Waals surface area contributed by atoms with E-state index in [9.17, 15) is 4.79 Å². The summed E-state index contributed by atoms with van der Waals surface area (Å²) in [4.78, 5) is 11.4. The van der Waals surface area contributed by atoms with Gasteiger partial charge in [-0.2, -0.15) is 0 Å². The average molecular weight is 221 g/mol. The van der Waals surface area contributed by atoms with Gasteiger partial charge >= 0.3 is 6.09 Å². The summed E-state index contributed by atoms with van der Waals surface area (Å²) in [5.41, 5.74) is 0.714. The minimum absolute atomic E-state index is 0.482. The summed E-state index contributed by atoms with van der Waals surface area (Å²) < 4.78 is 5.02. The topological polar surface area (TPSA) is 38.3 Å². The first-order valence-corrected chi connectivity index (χ1v) is 5.21. The summed E-state index contributed by atoms with van der Waals surface area (Å²) in [5.74, 6) is 0.548. The van der Waals surface area contributed by atoms with E-state index in [-0.39, 0.29) is 0 Å². The SMILES string of the molecule is C/C=C\C=C(/C)OC(=O)NC(/C=C\C)=C/C. The van der Waals surface area contributed by atoms with Crippen LogP contribution in [0.15, 0.2) is 47.9 Å². The number of carbonyl (C=O) groups is 1. The zero-order valence-corrected chi connectivity index (χ0v) is 10.3. The lowest BCUT2D eigenvalue weighted by Gasteiger charge is -2.06. The Kier molecular flexibility index (Phi) is 7.59. The van der Waals surface area contributed by atoms with Gasteiger partial charge < -0.3 is 4.74 Å². The molecule has 0 atom stereocenters. The van der Waals surface area contributed by atoms with Crippen molar-refractivity contribution < 1.29 is 9.53 Å². The van der Waals surface area contributed by atoms with E-state index >= 15 is 0 Å². The van der Waals surface area contributed by atoms with Crippen molar-refractivity contribution in [3.8, 4) is 0 Å². The van der Waals surface area contributed by atoms with Crippen LogP contribution >= 0.6 is 0 Å². The highest BCUT2D eigenvalue weighted by atomic mass is 16.6. The van der Waals surface area contributed by atoms with E-state index in [1.54, 1.807) is 25.2 Å². The molecule has 1 amide bonds. The summed E-state index contributed by atoms with van der Waals surface area (Å²) in [5, 5.41) is 2.62. The molecule has 0 heterocycles. The van der Waals surface area contributed by atoms with Crippen LogP contribution in [0.4, 0.5) is 4.79 Å². The molecule has 0 saturated heterocycles. The Morgan fingerprint density at radius 3 is 2.38 bits per heavy atom. The molecule has 0 fully saturated rings. The molecule has 0 saturated carbocycles. The predicted molar refractivity (Wildman–Crippen MR) is 66.8 cm³/mol. The molecule has 0 aliphatic rings. The molecule has 0 radical (unpaired) electrons. The molecule has 88 valence electrons. The Hall–Kier alpha value is -1.77. The van der Waals surface area contributed by atoms with Crippen LogP contribution in [0.2, 0.25) is 0 Å². The fraction of sp³-hybridized carbons (Fsp3) is 0.308. The molecule has 16 heavy (non-hydrogen) atoms. The van der Waals surface area contributed by atoms with Crippen LogP contribution in [0.25, 0.3) is 0 Å². The fourth-order valence-corrected chi connectivity index (χ4v) is 0.945. The lowest BCUT2D eigenvalue weighted by atomic mass is 10.4. The molecule has 0 aromatic heterocycles. The number of ether oxygens (including phenoxy) is 1. The van der Waals surface area contributed by atoms with Crippen LogP contribution in [-0.2, 0) is 4.74 Å². The third-order valence-electron chi connectivity index (χ3n) is 1.68. The standard InChI is InChI=1S/C13H19NO2/c1-5-8-10-11(4)16-13(15)14-12(7-3)9-6-2/h5-10H,1-4H3,(H,14,15)/b8-5-,9-6-,11-10+,12-7+. The van der Waals surface area contributed by atoms with Crippen molar-refractivity contribution in [3.05, 3.63) is 47.9 Å². The lowest BCUT2D eigenvalue weighted by Crippen LogP contribution is -2.22. The molecule has 0 aromatic carbocycles. The van der Waals surface area contributed by atoms with Gasteiger partial charge in [0.1, 0.15) is 5.76 Å². The molecule has 1 N–H and O–H groups in total. The van der Waals surface area contributed by atoms with Gasteiger partial charge in [0.25, 0.3) is 0 Å². The molecule has 0 bridgehead atoms. The van der Waals surface area contributed by atoms with Crippen molar-refractivity contribution in [1.82, 2.24) is 5.32 Å². The maximum atomic E-state index is 11.4. The fourth-order valence-electron chi connectivity index (χ4n) is 0.945. The normalized spacial score (nSPS) is 13.5. The highest BCUT2D eigenvalue weighted by Crippen LogP contribution is 1.99. The maximum absolute atomic E-state index is 11.4. The van der Waals surface area contributed by atoms with Crippen molar-refractivity contribution in [1.29, 1.82) is 0 Å². The smallest absolute Gasteiger partial charge is 0.415 e. The average Bonchev–Trinajstić information content (AvgIpc) is 2.25. The molecular formula is C13H19NO2. The Labute approximate surface area is 97.2 Å². The first-order valence-electron chi connectivity index (χ1n) is 5.21. The van der Waals surface area contributed by atoms with E-state index in [2.05, 4.69) is 5.32 Å². The number of rotatable bonds is 4. The zero-order valence-electron chi connectivity index (χ0n) is 10.3. The van der Waals surface area contributed by atoms with Crippen LogP contribution < -0.4 is 5.32 Å². The van der Waals surface area contributed by atoms with Gasteiger partial charge in [0.05, 0.1) is 0 Å². The molecule has 0 aromatic rings. The van der Waals surface area contributed by atoms with Gasteiger partial charge in [-0.1, -0.05) is 24.3 Å². The molecular weight excluding hydrogens is 202 g/mol. The number of hydrogen-bond acceptors (Lipinski definition) is 2. The second-order valence-electron chi connectivity index (χ2n) is 3.06. The summed E-state index contributed by atoms with van der Waals surface area (Å²) in [7, 11) is 0. The molecule has 0 unspecified atom stereocenters. The number of allylic oxidation sites excluding steroid dienone is 7. The van der Waals surface area contributed by atoms with Gasteiger partial charge in [-0.3, -0.25) is 5.32 Å². The highest BCUT2D eigenvalue weighted by molar-refractivity contribution is 5.71. The first kappa shape index (κ1) is 14.2. The molecule has 0 rings (SSSR count). The van der Waals surface area contributed by atoms with Crippen molar-refractivity contribution in [2.45, 2.75) is 27.7 Å².